The van der Waals surface area contributed by atoms with E-state index in [0.717, 1.165) is 21.9 Å². The van der Waals surface area contributed by atoms with Crippen LogP contribution in [0, 0.1) is 0 Å². The van der Waals surface area contributed by atoms with Crippen molar-refractivity contribution < 1.29 is 14.4 Å². The highest BCUT2D eigenvalue weighted by Crippen LogP contribution is 2.19. The largest absolute Gasteiger partial charge is 0.497 e. The van der Waals surface area contributed by atoms with Crippen LogP contribution in [0.4, 0.5) is 0 Å². The molecule has 0 unspecified atom stereocenters. The highest BCUT2D eigenvalue weighted by molar-refractivity contribution is 7.09. The van der Waals surface area contributed by atoms with Gasteiger partial charge >= 0.3 is 0 Å². The Bertz CT molecular complexity index is 665. The SMILES string of the molecule is COc1ccc(C2=NO[C@@H](C(=O)NCc3cccs3)C2)cc1. The molecule has 1 aliphatic heterocycles. The minimum Gasteiger partial charge on any atom is -0.497 e. The van der Waals surface area contributed by atoms with Gasteiger partial charge in [0.25, 0.3) is 5.91 Å². The lowest BCUT2D eigenvalue weighted by Gasteiger charge is -2.08. The molecule has 0 bridgehead atoms. The summed E-state index contributed by atoms with van der Waals surface area (Å²) in [5.41, 5.74) is 1.72. The van der Waals surface area contributed by atoms with E-state index in [1.165, 1.54) is 0 Å². The molecular formula is C16H16N2O3S. The van der Waals surface area contributed by atoms with E-state index in [9.17, 15) is 4.79 Å². The maximum absolute atomic E-state index is 12.1. The summed E-state index contributed by atoms with van der Waals surface area (Å²) >= 11 is 1.61. The Morgan fingerprint density at radius 1 is 1.41 bits per heavy atom. The predicted molar refractivity (Wildman–Crippen MR) is 85.2 cm³/mol. The van der Waals surface area contributed by atoms with Gasteiger partial charge in [-0.2, -0.15) is 0 Å². The fourth-order valence-corrected chi connectivity index (χ4v) is 2.82. The number of hydrogen-bond donors (Lipinski definition) is 1. The second-order valence-electron chi connectivity index (χ2n) is 4.86. The van der Waals surface area contributed by atoms with Gasteiger partial charge in [-0.15, -0.1) is 11.3 Å². The molecule has 0 spiro atoms. The first-order chi connectivity index (χ1) is 10.8. The van der Waals surface area contributed by atoms with Crippen LogP contribution in [0.3, 0.4) is 0 Å². The lowest BCUT2D eigenvalue weighted by atomic mass is 10.0. The van der Waals surface area contributed by atoms with E-state index in [1.54, 1.807) is 18.4 Å². The van der Waals surface area contributed by atoms with Crippen LogP contribution in [0.15, 0.2) is 46.9 Å². The zero-order valence-corrected chi connectivity index (χ0v) is 12.9. The summed E-state index contributed by atoms with van der Waals surface area (Å²) < 4.78 is 5.12. The van der Waals surface area contributed by atoms with Crippen molar-refractivity contribution in [1.29, 1.82) is 0 Å². The monoisotopic (exact) mass is 316 g/mol. The highest BCUT2D eigenvalue weighted by atomic mass is 32.1. The third kappa shape index (κ3) is 3.28. The van der Waals surface area contributed by atoms with Gasteiger partial charge < -0.3 is 14.9 Å². The quantitative estimate of drug-likeness (QED) is 0.922. The van der Waals surface area contributed by atoms with Crippen molar-refractivity contribution in [3.8, 4) is 5.75 Å². The third-order valence-corrected chi connectivity index (χ3v) is 4.28. The first-order valence-corrected chi connectivity index (χ1v) is 7.81. The molecule has 2 aromatic rings. The molecule has 3 rings (SSSR count). The van der Waals surface area contributed by atoms with E-state index in [-0.39, 0.29) is 5.91 Å². The summed E-state index contributed by atoms with van der Waals surface area (Å²) in [7, 11) is 1.62. The number of carbonyl (C=O) groups is 1. The third-order valence-electron chi connectivity index (χ3n) is 3.40. The molecule has 6 heteroatoms. The lowest BCUT2D eigenvalue weighted by Crippen LogP contribution is -2.34. The Morgan fingerprint density at radius 2 is 2.23 bits per heavy atom. The zero-order valence-electron chi connectivity index (χ0n) is 12.1. The van der Waals surface area contributed by atoms with Gasteiger partial charge in [-0.3, -0.25) is 4.79 Å². The minimum atomic E-state index is -0.558. The Balaban J connectivity index is 1.55. The molecule has 22 heavy (non-hydrogen) atoms. The van der Waals surface area contributed by atoms with E-state index in [2.05, 4.69) is 10.5 Å². The molecule has 0 radical (unpaired) electrons. The van der Waals surface area contributed by atoms with Gasteiger partial charge in [-0.25, -0.2) is 0 Å². The minimum absolute atomic E-state index is 0.138. The summed E-state index contributed by atoms with van der Waals surface area (Å²) in [5.74, 6) is 0.647. The van der Waals surface area contributed by atoms with Gasteiger partial charge in [0.2, 0.25) is 6.10 Å². The van der Waals surface area contributed by atoms with Crippen LogP contribution in [0.1, 0.15) is 16.9 Å². The molecule has 2 heterocycles. The lowest BCUT2D eigenvalue weighted by molar-refractivity contribution is -0.131. The maximum Gasteiger partial charge on any atom is 0.264 e. The summed E-state index contributed by atoms with van der Waals surface area (Å²) in [6.07, 6.45) is -0.0835. The molecule has 5 nitrogen and oxygen atoms in total. The van der Waals surface area contributed by atoms with Gasteiger partial charge in [-0.1, -0.05) is 11.2 Å². The van der Waals surface area contributed by atoms with Gasteiger partial charge in [0.05, 0.1) is 19.4 Å². The van der Waals surface area contributed by atoms with Gasteiger partial charge in [-0.05, 0) is 41.3 Å². The molecule has 1 N–H and O–H groups in total. The molecule has 0 saturated carbocycles. The summed E-state index contributed by atoms with van der Waals surface area (Å²) in [5, 5.41) is 8.88. The normalized spacial score (nSPS) is 16.8. The van der Waals surface area contributed by atoms with Gasteiger partial charge in [0, 0.05) is 11.3 Å². The van der Waals surface area contributed by atoms with E-state index in [1.807, 2.05) is 41.8 Å². The molecule has 1 amide bonds. The Hall–Kier alpha value is -2.34. The summed E-state index contributed by atoms with van der Waals surface area (Å²) in [6.45, 7) is 0.522. The van der Waals surface area contributed by atoms with Crippen LogP contribution >= 0.6 is 11.3 Å². The second kappa shape index (κ2) is 6.62. The zero-order chi connectivity index (χ0) is 15.4. The van der Waals surface area contributed by atoms with E-state index < -0.39 is 6.10 Å². The number of carbonyl (C=O) groups excluding carboxylic acids is 1. The molecule has 0 fully saturated rings. The van der Waals surface area contributed by atoms with Crippen molar-refractivity contribution in [2.24, 2.45) is 5.16 Å². The Labute approximate surface area is 132 Å². The maximum atomic E-state index is 12.1. The average molecular weight is 316 g/mol. The van der Waals surface area contributed by atoms with Crippen molar-refractivity contribution in [2.45, 2.75) is 19.1 Å². The number of amides is 1. The number of oxime groups is 1. The summed E-state index contributed by atoms with van der Waals surface area (Å²) in [6, 6.07) is 11.5. The average Bonchev–Trinajstić information content (AvgIpc) is 3.24. The number of methoxy groups -OCH3 is 1. The standard InChI is InChI=1S/C16H16N2O3S/c1-20-12-6-4-11(5-7-12)14-9-15(21-18-14)16(19)17-10-13-3-2-8-22-13/h2-8,15H,9-10H2,1H3,(H,17,19)/t15-/m1/s1. The fourth-order valence-electron chi connectivity index (χ4n) is 2.17. The second-order valence-corrected chi connectivity index (χ2v) is 5.89. The smallest absolute Gasteiger partial charge is 0.264 e. The number of thiophene rings is 1. The van der Waals surface area contributed by atoms with Crippen molar-refractivity contribution in [3.63, 3.8) is 0 Å². The summed E-state index contributed by atoms with van der Waals surface area (Å²) in [4.78, 5) is 18.5. The van der Waals surface area contributed by atoms with Crippen LogP contribution < -0.4 is 10.1 Å². The van der Waals surface area contributed by atoms with Gasteiger partial charge in [0.1, 0.15) is 5.75 Å². The van der Waals surface area contributed by atoms with Gasteiger partial charge in [0.15, 0.2) is 0 Å². The molecule has 1 aromatic carbocycles. The van der Waals surface area contributed by atoms with Crippen LogP contribution in [0.25, 0.3) is 0 Å². The van der Waals surface area contributed by atoms with Crippen molar-refractivity contribution in [3.05, 3.63) is 52.2 Å². The van der Waals surface area contributed by atoms with Crippen molar-refractivity contribution >= 4 is 23.0 Å². The first kappa shape index (κ1) is 14.6. The predicted octanol–water partition coefficient (Wildman–Crippen LogP) is 2.57. The number of rotatable bonds is 5. The van der Waals surface area contributed by atoms with Crippen LogP contribution in [-0.2, 0) is 16.2 Å². The number of nitrogens with one attached hydrogen (secondary N) is 1. The fraction of sp³-hybridized carbons (Fsp3) is 0.250. The molecule has 1 aliphatic rings. The molecule has 0 aliphatic carbocycles. The molecule has 0 saturated heterocycles. The molecule has 1 aromatic heterocycles. The van der Waals surface area contributed by atoms with E-state index in [0.29, 0.717) is 13.0 Å². The number of benzene rings is 1. The number of ether oxygens (including phenoxy) is 1. The Morgan fingerprint density at radius 3 is 2.91 bits per heavy atom. The number of nitrogens with zero attached hydrogens (tertiary/aromatic N) is 1. The van der Waals surface area contributed by atoms with Crippen LogP contribution in [0.5, 0.6) is 5.75 Å². The molecule has 1 atom stereocenters. The number of hydrogen-bond acceptors (Lipinski definition) is 5. The first-order valence-electron chi connectivity index (χ1n) is 6.93. The van der Waals surface area contributed by atoms with Crippen LogP contribution in [-0.4, -0.2) is 24.8 Å². The van der Waals surface area contributed by atoms with E-state index in [4.69, 9.17) is 9.57 Å². The van der Waals surface area contributed by atoms with Crippen LogP contribution in [0.2, 0.25) is 0 Å². The molecule has 114 valence electrons. The Kier molecular flexibility index (Phi) is 4.39. The van der Waals surface area contributed by atoms with Crippen molar-refractivity contribution in [1.82, 2.24) is 5.32 Å². The molecular weight excluding hydrogens is 300 g/mol. The van der Waals surface area contributed by atoms with E-state index >= 15 is 0 Å². The van der Waals surface area contributed by atoms with Crippen molar-refractivity contribution in [2.75, 3.05) is 7.11 Å². The highest BCUT2D eigenvalue weighted by Gasteiger charge is 2.28. The topological polar surface area (TPSA) is 59.9 Å².